The van der Waals surface area contributed by atoms with E-state index in [1.807, 2.05) is 23.9 Å². The third-order valence-electron chi connectivity index (χ3n) is 2.38. The predicted octanol–water partition coefficient (Wildman–Crippen LogP) is 4.59. The topological polar surface area (TPSA) is 9.23 Å². The molecule has 0 aliphatic carbocycles. The fraction of sp³-hybridized carbons (Fsp3) is 0.143. The molecule has 0 aromatic heterocycles. The van der Waals surface area contributed by atoms with Gasteiger partial charge in [0.2, 0.25) is 0 Å². The van der Waals surface area contributed by atoms with Crippen LogP contribution in [-0.2, 0) is 5.75 Å². The van der Waals surface area contributed by atoms with Crippen molar-refractivity contribution in [3.05, 3.63) is 57.7 Å². The van der Waals surface area contributed by atoms with Gasteiger partial charge in [0, 0.05) is 14.2 Å². The Hall–Kier alpha value is -0.680. The van der Waals surface area contributed by atoms with Crippen LogP contribution >= 0.6 is 34.4 Å². The summed E-state index contributed by atoms with van der Waals surface area (Å²) in [7, 11) is 1.69. The molecular weight excluding hydrogens is 343 g/mol. The van der Waals surface area contributed by atoms with E-state index in [4.69, 9.17) is 4.74 Å². The molecule has 0 fully saturated rings. The lowest BCUT2D eigenvalue weighted by atomic mass is 10.2. The van der Waals surface area contributed by atoms with Crippen LogP contribution in [0.3, 0.4) is 0 Å². The molecule has 17 heavy (non-hydrogen) atoms. The van der Waals surface area contributed by atoms with Crippen molar-refractivity contribution in [1.29, 1.82) is 0 Å². The zero-order valence-corrected chi connectivity index (χ0v) is 12.5. The fourth-order valence-electron chi connectivity index (χ4n) is 1.42. The highest BCUT2D eigenvalue weighted by Crippen LogP contribution is 2.25. The second-order valence-corrected chi connectivity index (χ2v) is 5.89. The molecule has 0 heterocycles. The minimum absolute atomic E-state index is 0.906. The SMILES string of the molecule is COc1ccc(SCc2ccc(I)cc2)cc1. The molecule has 0 saturated heterocycles. The summed E-state index contributed by atoms with van der Waals surface area (Å²) in [4.78, 5) is 1.27. The first kappa shape index (κ1) is 12.8. The summed E-state index contributed by atoms with van der Waals surface area (Å²) >= 11 is 4.16. The summed E-state index contributed by atoms with van der Waals surface area (Å²) in [5.41, 5.74) is 1.35. The average Bonchev–Trinajstić information content (AvgIpc) is 2.39. The van der Waals surface area contributed by atoms with E-state index < -0.39 is 0 Å². The molecule has 0 atom stereocenters. The number of halogens is 1. The van der Waals surface area contributed by atoms with Gasteiger partial charge in [0.05, 0.1) is 7.11 Å². The second-order valence-electron chi connectivity index (χ2n) is 3.59. The van der Waals surface area contributed by atoms with Gasteiger partial charge in [-0.1, -0.05) is 12.1 Å². The molecule has 0 bridgehead atoms. The van der Waals surface area contributed by atoms with E-state index in [1.54, 1.807) is 7.11 Å². The van der Waals surface area contributed by atoms with Crippen LogP contribution in [0.1, 0.15) is 5.56 Å². The maximum atomic E-state index is 5.14. The van der Waals surface area contributed by atoms with Crippen LogP contribution in [0.5, 0.6) is 5.75 Å². The first-order chi connectivity index (χ1) is 8.28. The minimum Gasteiger partial charge on any atom is -0.497 e. The van der Waals surface area contributed by atoms with Gasteiger partial charge in [0.1, 0.15) is 5.75 Å². The molecule has 0 N–H and O–H groups in total. The molecule has 0 radical (unpaired) electrons. The molecule has 2 aromatic carbocycles. The zero-order chi connectivity index (χ0) is 12.1. The summed E-state index contributed by atoms with van der Waals surface area (Å²) in [6, 6.07) is 16.8. The van der Waals surface area contributed by atoms with E-state index in [9.17, 15) is 0 Å². The molecule has 0 unspecified atom stereocenters. The van der Waals surface area contributed by atoms with Gasteiger partial charge in [-0.05, 0) is 64.6 Å². The summed E-state index contributed by atoms with van der Waals surface area (Å²) in [6.45, 7) is 0. The lowest BCUT2D eigenvalue weighted by Gasteiger charge is -2.04. The summed E-state index contributed by atoms with van der Waals surface area (Å²) in [5.74, 6) is 1.91. The Labute approximate surface area is 120 Å². The lowest BCUT2D eigenvalue weighted by molar-refractivity contribution is 0.414. The van der Waals surface area contributed by atoms with E-state index in [0.717, 1.165) is 11.5 Å². The minimum atomic E-state index is 0.906. The molecular formula is C14H13IOS. The third-order valence-corrected chi connectivity index (χ3v) is 4.18. The smallest absolute Gasteiger partial charge is 0.118 e. The van der Waals surface area contributed by atoms with Crippen molar-refractivity contribution >= 4 is 34.4 Å². The van der Waals surface area contributed by atoms with Crippen LogP contribution in [0.25, 0.3) is 0 Å². The largest absolute Gasteiger partial charge is 0.497 e. The van der Waals surface area contributed by atoms with Crippen LogP contribution < -0.4 is 4.74 Å². The molecule has 1 nitrogen and oxygen atoms in total. The van der Waals surface area contributed by atoms with Crippen molar-refractivity contribution < 1.29 is 4.74 Å². The number of rotatable bonds is 4. The van der Waals surface area contributed by atoms with E-state index in [0.29, 0.717) is 0 Å². The van der Waals surface area contributed by atoms with Gasteiger partial charge in [-0.3, -0.25) is 0 Å². The first-order valence-corrected chi connectivity index (χ1v) is 7.35. The molecule has 0 spiro atoms. The number of thioether (sulfide) groups is 1. The standard InChI is InChI=1S/C14H13IOS/c1-16-13-6-8-14(9-7-13)17-10-11-2-4-12(15)5-3-11/h2-9H,10H2,1H3. The van der Waals surface area contributed by atoms with Gasteiger partial charge in [-0.25, -0.2) is 0 Å². The summed E-state index contributed by atoms with van der Waals surface area (Å²) < 4.78 is 6.41. The van der Waals surface area contributed by atoms with Gasteiger partial charge < -0.3 is 4.74 Å². The monoisotopic (exact) mass is 356 g/mol. The number of methoxy groups -OCH3 is 1. The van der Waals surface area contributed by atoms with E-state index in [2.05, 4.69) is 59.0 Å². The van der Waals surface area contributed by atoms with Crippen molar-refractivity contribution in [2.45, 2.75) is 10.6 Å². The Kier molecular flexibility index (Phi) is 4.74. The first-order valence-electron chi connectivity index (χ1n) is 5.29. The summed E-state index contributed by atoms with van der Waals surface area (Å²) in [5, 5.41) is 0. The zero-order valence-electron chi connectivity index (χ0n) is 9.52. The predicted molar refractivity (Wildman–Crippen MR) is 81.7 cm³/mol. The molecule has 0 aliphatic rings. The Bertz CT molecular complexity index is 465. The molecule has 3 heteroatoms. The van der Waals surface area contributed by atoms with Crippen LogP contribution in [-0.4, -0.2) is 7.11 Å². The number of hydrogen-bond acceptors (Lipinski definition) is 2. The average molecular weight is 356 g/mol. The van der Waals surface area contributed by atoms with E-state index >= 15 is 0 Å². The highest BCUT2D eigenvalue weighted by Gasteiger charge is 1.97. The maximum Gasteiger partial charge on any atom is 0.118 e. The third kappa shape index (κ3) is 3.92. The normalized spacial score (nSPS) is 10.2. The van der Waals surface area contributed by atoms with Gasteiger partial charge >= 0.3 is 0 Å². The molecule has 88 valence electrons. The Morgan fingerprint density at radius 3 is 2.24 bits per heavy atom. The number of benzene rings is 2. The fourth-order valence-corrected chi connectivity index (χ4v) is 2.63. The van der Waals surface area contributed by atoms with Gasteiger partial charge in [0.15, 0.2) is 0 Å². The van der Waals surface area contributed by atoms with Crippen molar-refractivity contribution in [2.75, 3.05) is 7.11 Å². The van der Waals surface area contributed by atoms with Crippen molar-refractivity contribution in [1.82, 2.24) is 0 Å². The lowest BCUT2D eigenvalue weighted by Crippen LogP contribution is -1.83. The number of ether oxygens (including phenoxy) is 1. The maximum absolute atomic E-state index is 5.14. The molecule has 0 saturated carbocycles. The molecule has 0 amide bonds. The van der Waals surface area contributed by atoms with Gasteiger partial charge in [-0.15, -0.1) is 11.8 Å². The Morgan fingerprint density at radius 2 is 1.65 bits per heavy atom. The molecule has 2 aromatic rings. The number of hydrogen-bond donors (Lipinski definition) is 0. The van der Waals surface area contributed by atoms with Crippen LogP contribution in [0.2, 0.25) is 0 Å². The van der Waals surface area contributed by atoms with Crippen molar-refractivity contribution in [3.8, 4) is 5.75 Å². The summed E-state index contributed by atoms with van der Waals surface area (Å²) in [6.07, 6.45) is 0. The molecule has 2 rings (SSSR count). The Morgan fingerprint density at radius 1 is 1.00 bits per heavy atom. The highest BCUT2D eigenvalue weighted by molar-refractivity contribution is 14.1. The van der Waals surface area contributed by atoms with Crippen molar-refractivity contribution in [3.63, 3.8) is 0 Å². The van der Waals surface area contributed by atoms with E-state index in [1.165, 1.54) is 14.0 Å². The molecule has 0 aliphatic heterocycles. The van der Waals surface area contributed by atoms with Gasteiger partial charge in [0.25, 0.3) is 0 Å². The van der Waals surface area contributed by atoms with Crippen LogP contribution in [0, 0.1) is 3.57 Å². The second kappa shape index (κ2) is 6.31. The van der Waals surface area contributed by atoms with Gasteiger partial charge in [-0.2, -0.15) is 0 Å². The van der Waals surface area contributed by atoms with Crippen molar-refractivity contribution in [2.24, 2.45) is 0 Å². The van der Waals surface area contributed by atoms with Crippen LogP contribution in [0.15, 0.2) is 53.4 Å². The highest BCUT2D eigenvalue weighted by atomic mass is 127. The van der Waals surface area contributed by atoms with Crippen LogP contribution in [0.4, 0.5) is 0 Å². The quantitative estimate of drug-likeness (QED) is 0.585. The van der Waals surface area contributed by atoms with E-state index in [-0.39, 0.29) is 0 Å². The Balaban J connectivity index is 1.95.